The zero-order chi connectivity index (χ0) is 21.0. The van der Waals surface area contributed by atoms with E-state index in [4.69, 9.17) is 0 Å². The number of imide groups is 1. The first kappa shape index (κ1) is 18.4. The summed E-state index contributed by atoms with van der Waals surface area (Å²) in [6.45, 7) is 1.58. The van der Waals surface area contributed by atoms with Crippen LogP contribution >= 0.6 is 0 Å². The number of benzene rings is 1. The molecule has 0 aromatic heterocycles. The molecule has 1 spiro atoms. The van der Waals surface area contributed by atoms with Gasteiger partial charge < -0.3 is 25.8 Å². The summed E-state index contributed by atoms with van der Waals surface area (Å²) in [6.07, 6.45) is 0.501. The average molecular weight is 412 g/mol. The summed E-state index contributed by atoms with van der Waals surface area (Å²) in [5.41, 5.74) is 1.36. The summed E-state index contributed by atoms with van der Waals surface area (Å²) in [5, 5.41) is 10.6. The van der Waals surface area contributed by atoms with Gasteiger partial charge >= 0.3 is 12.1 Å². The predicted molar refractivity (Wildman–Crippen MR) is 102 cm³/mol. The number of urea groups is 2. The first-order valence-electron chi connectivity index (χ1n) is 9.73. The fourth-order valence-corrected chi connectivity index (χ4v) is 4.45. The van der Waals surface area contributed by atoms with Gasteiger partial charge in [0, 0.05) is 43.9 Å². The molecular weight excluding hydrogens is 392 g/mol. The molecule has 11 heteroatoms. The fraction of sp³-hybridized carbons (Fsp3) is 0.421. The minimum Gasteiger partial charge on any atom is -0.336 e. The van der Waals surface area contributed by atoms with E-state index >= 15 is 0 Å². The van der Waals surface area contributed by atoms with E-state index in [1.54, 1.807) is 23.1 Å². The van der Waals surface area contributed by atoms with Gasteiger partial charge in [0.1, 0.15) is 6.04 Å². The van der Waals surface area contributed by atoms with Crippen molar-refractivity contribution in [2.24, 2.45) is 0 Å². The minimum atomic E-state index is -0.673. The molecule has 0 radical (unpaired) electrons. The van der Waals surface area contributed by atoms with Crippen molar-refractivity contribution >= 4 is 35.5 Å². The van der Waals surface area contributed by atoms with Gasteiger partial charge in [0.2, 0.25) is 11.8 Å². The van der Waals surface area contributed by atoms with E-state index < -0.39 is 11.9 Å². The van der Waals surface area contributed by atoms with Crippen LogP contribution in [0.3, 0.4) is 0 Å². The normalized spacial score (nSPS) is 24.2. The predicted octanol–water partition coefficient (Wildman–Crippen LogP) is -0.653. The molecule has 3 saturated heterocycles. The summed E-state index contributed by atoms with van der Waals surface area (Å²) in [4.78, 5) is 63.1. The molecule has 11 nitrogen and oxygen atoms in total. The highest BCUT2D eigenvalue weighted by atomic mass is 16.2. The number of fused-ring (bicyclic) bond motifs is 1. The number of anilines is 1. The Hall–Kier alpha value is -3.63. The van der Waals surface area contributed by atoms with E-state index in [2.05, 4.69) is 21.3 Å². The molecule has 5 rings (SSSR count). The molecule has 1 unspecified atom stereocenters. The molecule has 30 heavy (non-hydrogen) atoms. The van der Waals surface area contributed by atoms with Crippen molar-refractivity contribution in [3.05, 3.63) is 29.3 Å². The number of carbonyl (C=O) groups excluding carboxylic acids is 5. The van der Waals surface area contributed by atoms with Crippen LogP contribution in [-0.2, 0) is 16.1 Å². The quantitative estimate of drug-likeness (QED) is 0.478. The number of nitrogens with zero attached hydrogens (tertiary/aromatic N) is 2. The van der Waals surface area contributed by atoms with E-state index in [0.29, 0.717) is 37.3 Å². The Balaban J connectivity index is 1.24. The van der Waals surface area contributed by atoms with Gasteiger partial charge in [-0.2, -0.15) is 0 Å². The Morgan fingerprint density at radius 3 is 2.67 bits per heavy atom. The van der Waals surface area contributed by atoms with E-state index in [-0.39, 0.29) is 42.4 Å². The number of amides is 7. The molecule has 4 heterocycles. The first-order valence-corrected chi connectivity index (χ1v) is 9.73. The number of carbonyl (C=O) groups is 5. The largest absolute Gasteiger partial charge is 0.336 e. The molecule has 7 amide bonds. The summed E-state index contributed by atoms with van der Waals surface area (Å²) in [6, 6.07) is 3.83. The Bertz CT molecular complexity index is 1000. The second kappa shape index (κ2) is 6.44. The lowest BCUT2D eigenvalue weighted by atomic mass is 9.91. The third kappa shape index (κ3) is 2.93. The van der Waals surface area contributed by atoms with E-state index in [0.717, 1.165) is 5.56 Å². The molecule has 156 valence electrons. The zero-order valence-electron chi connectivity index (χ0n) is 16.0. The Kier molecular flexibility index (Phi) is 3.95. The topological polar surface area (TPSA) is 140 Å². The van der Waals surface area contributed by atoms with Gasteiger partial charge in [-0.25, -0.2) is 9.59 Å². The van der Waals surface area contributed by atoms with Crippen molar-refractivity contribution in [1.29, 1.82) is 0 Å². The standard InChI is InChI=1S/C19H20N6O5/c26-14-4-3-13(15(27)22-14)25-6-10-5-11(1-2-12(10)16(25)28)21-18(30)24-8-19(9-24)7-20-17(29)23-19/h1-2,5,13H,3-4,6-9H2,(H,21,30)(H2,20,23,29)(H,22,26,27). The van der Waals surface area contributed by atoms with Crippen LogP contribution in [0.2, 0.25) is 0 Å². The second-order valence-electron chi connectivity index (χ2n) is 8.15. The molecule has 1 atom stereocenters. The fourth-order valence-electron chi connectivity index (χ4n) is 4.45. The molecule has 4 aliphatic heterocycles. The summed E-state index contributed by atoms with van der Waals surface area (Å²) in [7, 11) is 0. The molecule has 0 aliphatic carbocycles. The number of hydrogen-bond acceptors (Lipinski definition) is 5. The van der Waals surface area contributed by atoms with Crippen molar-refractivity contribution in [2.45, 2.75) is 31.0 Å². The average Bonchev–Trinajstić information content (AvgIpc) is 3.21. The van der Waals surface area contributed by atoms with Crippen molar-refractivity contribution in [1.82, 2.24) is 25.8 Å². The zero-order valence-corrected chi connectivity index (χ0v) is 16.0. The summed E-state index contributed by atoms with van der Waals surface area (Å²) < 4.78 is 0. The summed E-state index contributed by atoms with van der Waals surface area (Å²) >= 11 is 0. The molecule has 4 N–H and O–H groups in total. The van der Waals surface area contributed by atoms with Crippen molar-refractivity contribution < 1.29 is 24.0 Å². The van der Waals surface area contributed by atoms with Crippen LogP contribution in [0.1, 0.15) is 28.8 Å². The Morgan fingerprint density at radius 2 is 1.97 bits per heavy atom. The molecule has 4 aliphatic rings. The third-order valence-electron chi connectivity index (χ3n) is 6.02. The minimum absolute atomic E-state index is 0.200. The lowest BCUT2D eigenvalue weighted by Crippen LogP contribution is -2.70. The third-order valence-corrected chi connectivity index (χ3v) is 6.02. The molecule has 1 aromatic carbocycles. The van der Waals surface area contributed by atoms with Crippen LogP contribution in [0.5, 0.6) is 0 Å². The van der Waals surface area contributed by atoms with E-state index in [9.17, 15) is 24.0 Å². The number of likely N-dealkylation sites (tertiary alicyclic amines) is 1. The highest BCUT2D eigenvalue weighted by Crippen LogP contribution is 2.30. The Labute approximate surface area is 171 Å². The van der Waals surface area contributed by atoms with Crippen LogP contribution in [0.25, 0.3) is 0 Å². The van der Waals surface area contributed by atoms with Crippen LogP contribution in [0.4, 0.5) is 15.3 Å². The lowest BCUT2D eigenvalue weighted by molar-refractivity contribution is -0.136. The summed E-state index contributed by atoms with van der Waals surface area (Å²) in [5.74, 6) is -1.04. The van der Waals surface area contributed by atoms with Crippen molar-refractivity contribution in [3.8, 4) is 0 Å². The molecule has 1 aromatic rings. The van der Waals surface area contributed by atoms with Gasteiger partial charge in [-0.15, -0.1) is 0 Å². The number of hydrogen-bond donors (Lipinski definition) is 4. The van der Waals surface area contributed by atoms with Crippen LogP contribution in [-0.4, -0.2) is 70.8 Å². The van der Waals surface area contributed by atoms with Crippen molar-refractivity contribution in [2.75, 3.05) is 25.0 Å². The van der Waals surface area contributed by atoms with E-state index in [1.807, 2.05) is 0 Å². The maximum absolute atomic E-state index is 12.7. The van der Waals surface area contributed by atoms with Crippen LogP contribution < -0.4 is 21.3 Å². The van der Waals surface area contributed by atoms with Gasteiger partial charge in [0.25, 0.3) is 5.91 Å². The monoisotopic (exact) mass is 412 g/mol. The second-order valence-corrected chi connectivity index (χ2v) is 8.15. The molecule has 0 saturated carbocycles. The van der Waals surface area contributed by atoms with Gasteiger partial charge in [-0.3, -0.25) is 19.7 Å². The highest BCUT2D eigenvalue weighted by molar-refractivity contribution is 6.05. The van der Waals surface area contributed by atoms with E-state index in [1.165, 1.54) is 4.90 Å². The smallest absolute Gasteiger partial charge is 0.322 e. The van der Waals surface area contributed by atoms with Gasteiger partial charge in [0.15, 0.2) is 0 Å². The van der Waals surface area contributed by atoms with Crippen molar-refractivity contribution in [3.63, 3.8) is 0 Å². The number of rotatable bonds is 2. The number of piperidine rings is 1. The van der Waals surface area contributed by atoms with Gasteiger partial charge in [-0.1, -0.05) is 0 Å². The van der Waals surface area contributed by atoms with Crippen LogP contribution in [0, 0.1) is 0 Å². The maximum Gasteiger partial charge on any atom is 0.322 e. The van der Waals surface area contributed by atoms with Gasteiger partial charge in [-0.05, 0) is 30.2 Å². The molecule has 3 fully saturated rings. The lowest BCUT2D eigenvalue weighted by Gasteiger charge is -2.46. The molecule has 0 bridgehead atoms. The van der Waals surface area contributed by atoms with Gasteiger partial charge in [0.05, 0.1) is 5.54 Å². The highest BCUT2D eigenvalue weighted by Gasteiger charge is 2.49. The Morgan fingerprint density at radius 1 is 1.17 bits per heavy atom. The molecular formula is C19H20N6O5. The maximum atomic E-state index is 12.7. The number of nitrogens with one attached hydrogen (secondary N) is 4. The first-order chi connectivity index (χ1) is 14.3. The van der Waals surface area contributed by atoms with Crippen LogP contribution in [0.15, 0.2) is 18.2 Å². The SMILES string of the molecule is O=C1CCC(N2Cc3cc(NC(=O)N4CC5(CNC(=O)N5)C4)ccc3C2=O)C(=O)N1.